The Morgan fingerprint density at radius 1 is 1.32 bits per heavy atom. The molecule has 0 aliphatic heterocycles. The van der Waals surface area contributed by atoms with Crippen LogP contribution in [-0.4, -0.2) is 31.6 Å². The van der Waals surface area contributed by atoms with Crippen molar-refractivity contribution in [2.24, 2.45) is 0 Å². The fraction of sp³-hybridized carbons (Fsp3) is 0.385. The van der Waals surface area contributed by atoms with Crippen molar-refractivity contribution >= 4 is 36.7 Å². The Labute approximate surface area is 118 Å². The summed E-state index contributed by atoms with van der Waals surface area (Å²) in [5.41, 5.74) is 0.551. The molecule has 0 aliphatic rings. The number of carbonyl (C=O) groups excluding carboxylic acids is 1. The van der Waals surface area contributed by atoms with E-state index in [-0.39, 0.29) is 18.7 Å². The molecular weight excluding hydrogens is 282 g/mol. The van der Waals surface area contributed by atoms with E-state index in [1.54, 1.807) is 6.07 Å². The lowest BCUT2D eigenvalue weighted by Gasteiger charge is -2.21. The lowest BCUT2D eigenvalue weighted by atomic mass is 10.1. The van der Waals surface area contributed by atoms with Crippen molar-refractivity contribution < 1.29 is 14.7 Å². The van der Waals surface area contributed by atoms with Gasteiger partial charge in [0.15, 0.2) is 5.78 Å². The molecule has 0 saturated heterocycles. The van der Waals surface area contributed by atoms with Gasteiger partial charge in [-0.2, -0.15) is 0 Å². The maximum atomic E-state index is 12.2. The zero-order valence-corrected chi connectivity index (χ0v) is 13.0. The minimum atomic E-state index is -1.68. The van der Waals surface area contributed by atoms with Crippen molar-refractivity contribution in [1.82, 2.24) is 5.32 Å². The number of amides is 1. The Bertz CT molecular complexity index is 497. The highest BCUT2D eigenvalue weighted by molar-refractivity contribution is 6.89. The molecule has 1 aromatic rings. The minimum absolute atomic E-state index is 0.102. The van der Waals surface area contributed by atoms with Crippen molar-refractivity contribution in [2.75, 3.05) is 6.54 Å². The van der Waals surface area contributed by atoms with Crippen LogP contribution in [0.1, 0.15) is 16.8 Å². The Balaban J connectivity index is 2.99. The number of carbonyl (C=O) groups is 2. The summed E-state index contributed by atoms with van der Waals surface area (Å²) in [7, 11) is -1.68. The van der Waals surface area contributed by atoms with Crippen LogP contribution in [0.2, 0.25) is 24.7 Å². The highest BCUT2D eigenvalue weighted by atomic mass is 35.5. The van der Waals surface area contributed by atoms with E-state index >= 15 is 0 Å². The molecule has 0 spiro atoms. The topological polar surface area (TPSA) is 66.4 Å². The molecule has 19 heavy (non-hydrogen) atoms. The molecular formula is C13H18ClNO3Si. The van der Waals surface area contributed by atoms with Gasteiger partial charge in [-0.25, -0.2) is 4.79 Å². The van der Waals surface area contributed by atoms with Gasteiger partial charge in [-0.05, 0) is 11.3 Å². The van der Waals surface area contributed by atoms with Crippen molar-refractivity contribution in [3.05, 3.63) is 28.8 Å². The van der Waals surface area contributed by atoms with Gasteiger partial charge in [-0.15, -0.1) is 0 Å². The lowest BCUT2D eigenvalue weighted by Crippen LogP contribution is -2.41. The van der Waals surface area contributed by atoms with Gasteiger partial charge in [0.1, 0.15) is 0 Å². The molecule has 2 N–H and O–H groups in total. The van der Waals surface area contributed by atoms with Gasteiger partial charge < -0.3 is 10.4 Å². The summed E-state index contributed by atoms with van der Waals surface area (Å²) in [5, 5.41) is 12.1. The van der Waals surface area contributed by atoms with E-state index < -0.39 is 14.2 Å². The third-order valence-electron chi connectivity index (χ3n) is 2.73. The zero-order chi connectivity index (χ0) is 14.6. The van der Waals surface area contributed by atoms with E-state index in [1.165, 1.54) is 0 Å². The minimum Gasteiger partial charge on any atom is -0.465 e. The summed E-state index contributed by atoms with van der Waals surface area (Å²) in [4.78, 5) is 22.6. The number of halogens is 1. The van der Waals surface area contributed by atoms with Crippen LogP contribution >= 0.6 is 11.6 Å². The maximum absolute atomic E-state index is 12.2. The highest BCUT2D eigenvalue weighted by Gasteiger charge is 2.25. The van der Waals surface area contributed by atoms with Crippen LogP contribution in [0.15, 0.2) is 18.2 Å². The van der Waals surface area contributed by atoms with Gasteiger partial charge in [0.25, 0.3) is 0 Å². The number of carboxylic acid groups (broad SMARTS) is 1. The quantitative estimate of drug-likeness (QED) is 0.649. The van der Waals surface area contributed by atoms with Gasteiger partial charge in [-0.3, -0.25) is 4.79 Å². The molecule has 6 heteroatoms. The summed E-state index contributed by atoms with van der Waals surface area (Å²) in [6, 6.07) is 5.49. The molecule has 0 aliphatic carbocycles. The van der Waals surface area contributed by atoms with Crippen molar-refractivity contribution in [2.45, 2.75) is 26.1 Å². The van der Waals surface area contributed by atoms with Crippen molar-refractivity contribution in [3.63, 3.8) is 0 Å². The average Bonchev–Trinajstić information content (AvgIpc) is 2.26. The molecule has 0 saturated carbocycles. The number of ketones is 1. The third-order valence-corrected chi connectivity index (χ3v) is 5.08. The van der Waals surface area contributed by atoms with E-state index in [0.29, 0.717) is 10.6 Å². The number of Topliss-reactive ketones (excluding diaryl/α,β-unsaturated/α-hetero) is 1. The number of rotatable bonds is 5. The maximum Gasteiger partial charge on any atom is 0.404 e. The Morgan fingerprint density at radius 3 is 2.47 bits per heavy atom. The highest BCUT2D eigenvalue weighted by Crippen LogP contribution is 2.18. The second-order valence-corrected chi connectivity index (χ2v) is 10.8. The summed E-state index contributed by atoms with van der Waals surface area (Å²) in [6.45, 7) is 6.53. The first-order chi connectivity index (χ1) is 8.73. The molecule has 4 nitrogen and oxygen atoms in total. The first-order valence-electron chi connectivity index (χ1n) is 6.02. The molecule has 0 unspecified atom stereocenters. The molecule has 1 rings (SSSR count). The lowest BCUT2D eigenvalue weighted by molar-refractivity contribution is 0.0984. The number of benzene rings is 1. The predicted molar refractivity (Wildman–Crippen MR) is 79.4 cm³/mol. The summed E-state index contributed by atoms with van der Waals surface area (Å²) in [5.74, 6) is -0.114. The summed E-state index contributed by atoms with van der Waals surface area (Å²) in [6.07, 6.45) is -1.01. The Morgan fingerprint density at radius 2 is 1.95 bits per heavy atom. The molecule has 1 aromatic carbocycles. The Kier molecular flexibility index (Phi) is 5.14. The average molecular weight is 300 g/mol. The molecule has 0 radical (unpaired) electrons. The molecule has 1 amide bonds. The standard InChI is InChI=1S/C13H18ClNO3Si/c1-19(2,3)11-6-4-5-9(14)12(11)10(16)7-8-15-13(17)18/h4-6,15H,7-8H2,1-3H3,(H,17,18). The van der Waals surface area contributed by atoms with Crippen molar-refractivity contribution in [1.29, 1.82) is 0 Å². The van der Waals surface area contributed by atoms with Gasteiger partial charge in [0.2, 0.25) is 0 Å². The SMILES string of the molecule is C[Si](C)(C)c1cccc(Cl)c1C(=O)CCNC(=O)O. The number of nitrogens with one attached hydrogen (secondary N) is 1. The van der Waals surface area contributed by atoms with Crippen molar-refractivity contribution in [3.8, 4) is 0 Å². The second-order valence-electron chi connectivity index (χ2n) is 5.32. The molecule has 0 heterocycles. The van der Waals surface area contributed by atoms with E-state index in [0.717, 1.165) is 5.19 Å². The van der Waals surface area contributed by atoms with Gasteiger partial charge >= 0.3 is 6.09 Å². The van der Waals surface area contributed by atoms with Crippen LogP contribution < -0.4 is 10.5 Å². The fourth-order valence-corrected chi connectivity index (χ4v) is 3.82. The molecule has 0 bridgehead atoms. The number of hydrogen-bond donors (Lipinski definition) is 2. The zero-order valence-electron chi connectivity index (χ0n) is 11.3. The van der Waals surface area contributed by atoms with Crippen LogP contribution in [0.5, 0.6) is 0 Å². The molecule has 0 fully saturated rings. The molecule has 0 aromatic heterocycles. The second kappa shape index (κ2) is 6.21. The van der Waals surface area contributed by atoms with Gasteiger partial charge in [0.05, 0.1) is 13.1 Å². The van der Waals surface area contributed by atoms with E-state index in [9.17, 15) is 9.59 Å². The number of hydrogen-bond acceptors (Lipinski definition) is 2. The normalized spacial score (nSPS) is 11.2. The smallest absolute Gasteiger partial charge is 0.404 e. The van der Waals surface area contributed by atoms with Crippen LogP contribution in [0.4, 0.5) is 4.79 Å². The predicted octanol–water partition coefficient (Wildman–Crippen LogP) is 2.73. The van der Waals surface area contributed by atoms with Gasteiger partial charge in [-0.1, -0.05) is 43.4 Å². The first-order valence-corrected chi connectivity index (χ1v) is 9.90. The third kappa shape index (κ3) is 4.36. The van der Waals surface area contributed by atoms with E-state index in [4.69, 9.17) is 16.7 Å². The first kappa shape index (κ1) is 15.7. The Hall–Kier alpha value is -1.33. The van der Waals surface area contributed by atoms with E-state index in [1.807, 2.05) is 12.1 Å². The van der Waals surface area contributed by atoms with E-state index in [2.05, 4.69) is 25.0 Å². The summed E-state index contributed by atoms with van der Waals surface area (Å²) >= 11 is 6.14. The van der Waals surface area contributed by atoms with Crippen LogP contribution in [0.3, 0.4) is 0 Å². The van der Waals surface area contributed by atoms with Crippen LogP contribution in [-0.2, 0) is 0 Å². The van der Waals surface area contributed by atoms with Crippen LogP contribution in [0, 0.1) is 0 Å². The molecule has 0 atom stereocenters. The summed E-state index contributed by atoms with van der Waals surface area (Å²) < 4.78 is 0. The van der Waals surface area contributed by atoms with Crippen LogP contribution in [0.25, 0.3) is 0 Å². The largest absolute Gasteiger partial charge is 0.465 e. The molecule has 104 valence electrons. The van der Waals surface area contributed by atoms with Gasteiger partial charge in [0, 0.05) is 18.5 Å². The monoisotopic (exact) mass is 299 g/mol. The fourth-order valence-electron chi connectivity index (χ4n) is 1.84.